The van der Waals surface area contributed by atoms with Gasteiger partial charge in [-0.1, -0.05) is 0 Å². The molecular weight excluding hydrogens is 291 g/mol. The largest absolute Gasteiger partial charge is 0.497 e. The van der Waals surface area contributed by atoms with Crippen LogP contribution in [0.2, 0.25) is 0 Å². The molecule has 0 fully saturated rings. The van der Waals surface area contributed by atoms with Gasteiger partial charge in [0.05, 0.1) is 30.9 Å². The third kappa shape index (κ3) is 2.27. The fourth-order valence-electron chi connectivity index (χ4n) is 2.24. The second kappa shape index (κ2) is 5.21. The van der Waals surface area contributed by atoms with E-state index in [2.05, 4.69) is 4.98 Å². The summed E-state index contributed by atoms with van der Waals surface area (Å²) in [5, 5.41) is 0. The maximum absolute atomic E-state index is 14.2. The van der Waals surface area contributed by atoms with Crippen molar-refractivity contribution in [3.05, 3.63) is 47.0 Å². The van der Waals surface area contributed by atoms with Crippen LogP contribution in [0.15, 0.2) is 36.4 Å². The fourth-order valence-corrected chi connectivity index (χ4v) is 2.55. The molecule has 0 aliphatic rings. The number of benzene rings is 2. The summed E-state index contributed by atoms with van der Waals surface area (Å²) in [5.41, 5.74) is 1.88. The van der Waals surface area contributed by atoms with E-state index in [1.54, 1.807) is 29.9 Å². The van der Waals surface area contributed by atoms with Crippen molar-refractivity contribution in [2.45, 2.75) is 0 Å². The quantitative estimate of drug-likeness (QED) is 0.747. The number of imidazole rings is 1. The first kappa shape index (κ1) is 13.6. The van der Waals surface area contributed by atoms with Gasteiger partial charge in [0.2, 0.25) is 0 Å². The van der Waals surface area contributed by atoms with Crippen LogP contribution in [0.4, 0.5) is 4.39 Å². The molecule has 0 saturated carbocycles. The van der Waals surface area contributed by atoms with Crippen LogP contribution in [0.25, 0.3) is 16.7 Å². The number of rotatable bonds is 3. The second-order valence-corrected chi connectivity index (χ2v) is 4.85. The highest BCUT2D eigenvalue weighted by molar-refractivity contribution is 7.71. The molecule has 4 nitrogen and oxygen atoms in total. The Morgan fingerprint density at radius 1 is 1.05 bits per heavy atom. The minimum atomic E-state index is -0.379. The van der Waals surface area contributed by atoms with Crippen LogP contribution in [0, 0.1) is 10.6 Å². The number of aromatic nitrogens is 2. The van der Waals surface area contributed by atoms with Crippen LogP contribution in [-0.2, 0) is 0 Å². The van der Waals surface area contributed by atoms with Crippen LogP contribution in [0.5, 0.6) is 11.5 Å². The van der Waals surface area contributed by atoms with E-state index in [1.165, 1.54) is 13.2 Å². The number of nitrogens with one attached hydrogen (secondary N) is 1. The van der Waals surface area contributed by atoms with Crippen LogP contribution < -0.4 is 9.47 Å². The van der Waals surface area contributed by atoms with Gasteiger partial charge in [-0.05, 0) is 36.5 Å². The lowest BCUT2D eigenvalue weighted by Crippen LogP contribution is -1.99. The Kier molecular flexibility index (Phi) is 3.39. The molecule has 0 unspecified atom stereocenters. The van der Waals surface area contributed by atoms with Gasteiger partial charge in [0.1, 0.15) is 17.3 Å². The Bertz CT molecular complexity index is 870. The number of halogens is 1. The second-order valence-electron chi connectivity index (χ2n) is 4.47. The summed E-state index contributed by atoms with van der Waals surface area (Å²) in [5.74, 6) is 0.856. The highest BCUT2D eigenvalue weighted by Gasteiger charge is 2.12. The Balaban J connectivity index is 2.33. The monoisotopic (exact) mass is 304 g/mol. The topological polar surface area (TPSA) is 39.2 Å². The molecular formula is C15H13FN2O2S. The summed E-state index contributed by atoms with van der Waals surface area (Å²) in [7, 11) is 3.12. The Morgan fingerprint density at radius 3 is 2.43 bits per heavy atom. The Labute approximate surface area is 125 Å². The minimum Gasteiger partial charge on any atom is -0.497 e. The third-order valence-electron chi connectivity index (χ3n) is 3.28. The number of hydrogen-bond donors (Lipinski definition) is 1. The van der Waals surface area contributed by atoms with Gasteiger partial charge in [0.25, 0.3) is 0 Å². The van der Waals surface area contributed by atoms with Gasteiger partial charge >= 0.3 is 0 Å². The summed E-state index contributed by atoms with van der Waals surface area (Å²) in [6, 6.07) is 10.0. The van der Waals surface area contributed by atoms with E-state index in [0.29, 0.717) is 22.0 Å². The van der Waals surface area contributed by atoms with Crippen molar-refractivity contribution in [3.8, 4) is 17.2 Å². The number of H-pyrrole nitrogens is 1. The van der Waals surface area contributed by atoms with E-state index < -0.39 is 0 Å². The minimum absolute atomic E-state index is 0.332. The SMILES string of the molecule is COc1ccc(F)c(-n2c(=S)[nH]c3ccc(OC)cc32)c1. The van der Waals surface area contributed by atoms with Gasteiger partial charge in [-0.3, -0.25) is 4.57 Å². The predicted octanol–water partition coefficient (Wildman–Crippen LogP) is 3.84. The van der Waals surface area contributed by atoms with Gasteiger partial charge in [-0.2, -0.15) is 0 Å². The summed E-state index contributed by atoms with van der Waals surface area (Å²) >= 11 is 5.31. The number of hydrogen-bond acceptors (Lipinski definition) is 3. The highest BCUT2D eigenvalue weighted by atomic mass is 32.1. The summed E-state index contributed by atoms with van der Waals surface area (Å²) in [6.07, 6.45) is 0. The maximum Gasteiger partial charge on any atom is 0.182 e. The lowest BCUT2D eigenvalue weighted by atomic mass is 10.2. The van der Waals surface area contributed by atoms with Crippen molar-refractivity contribution < 1.29 is 13.9 Å². The van der Waals surface area contributed by atoms with Crippen LogP contribution in [-0.4, -0.2) is 23.8 Å². The van der Waals surface area contributed by atoms with Crippen molar-refractivity contribution in [2.75, 3.05) is 14.2 Å². The smallest absolute Gasteiger partial charge is 0.182 e. The lowest BCUT2D eigenvalue weighted by molar-refractivity contribution is 0.413. The van der Waals surface area contributed by atoms with Crippen molar-refractivity contribution in [2.24, 2.45) is 0 Å². The molecule has 1 N–H and O–H groups in total. The first-order chi connectivity index (χ1) is 10.1. The van der Waals surface area contributed by atoms with E-state index in [9.17, 15) is 4.39 Å². The first-order valence-electron chi connectivity index (χ1n) is 6.26. The number of aromatic amines is 1. The van der Waals surface area contributed by atoms with Gasteiger partial charge < -0.3 is 14.5 Å². The molecule has 1 heterocycles. The Morgan fingerprint density at radius 2 is 1.71 bits per heavy atom. The van der Waals surface area contributed by atoms with Crippen LogP contribution in [0.3, 0.4) is 0 Å². The molecule has 0 aliphatic heterocycles. The number of methoxy groups -OCH3 is 2. The number of fused-ring (bicyclic) bond motifs is 1. The molecule has 6 heteroatoms. The fraction of sp³-hybridized carbons (Fsp3) is 0.133. The zero-order valence-corrected chi connectivity index (χ0v) is 12.3. The molecule has 0 spiro atoms. The van der Waals surface area contributed by atoms with Gasteiger partial charge in [-0.25, -0.2) is 4.39 Å². The summed E-state index contributed by atoms with van der Waals surface area (Å²) in [4.78, 5) is 3.06. The lowest BCUT2D eigenvalue weighted by Gasteiger charge is -2.09. The van der Waals surface area contributed by atoms with Crippen molar-refractivity contribution in [1.29, 1.82) is 0 Å². The average molecular weight is 304 g/mol. The molecule has 0 atom stereocenters. The molecule has 108 valence electrons. The summed E-state index contributed by atoms with van der Waals surface area (Å²) in [6.45, 7) is 0. The maximum atomic E-state index is 14.2. The normalized spacial score (nSPS) is 10.8. The van der Waals surface area contributed by atoms with Crippen LogP contribution >= 0.6 is 12.2 Å². The van der Waals surface area contributed by atoms with Crippen molar-refractivity contribution >= 4 is 23.3 Å². The first-order valence-corrected chi connectivity index (χ1v) is 6.67. The number of ether oxygens (including phenoxy) is 2. The van der Waals surface area contributed by atoms with E-state index in [1.807, 2.05) is 12.1 Å². The zero-order chi connectivity index (χ0) is 15.0. The number of nitrogens with zero attached hydrogens (tertiary/aromatic N) is 1. The molecule has 0 radical (unpaired) electrons. The summed E-state index contributed by atoms with van der Waals surface area (Å²) < 4.78 is 26.6. The molecule has 3 aromatic rings. The van der Waals surface area contributed by atoms with E-state index >= 15 is 0 Å². The van der Waals surface area contributed by atoms with E-state index in [4.69, 9.17) is 21.7 Å². The molecule has 0 saturated heterocycles. The van der Waals surface area contributed by atoms with Gasteiger partial charge in [0.15, 0.2) is 4.77 Å². The predicted molar refractivity (Wildman–Crippen MR) is 81.5 cm³/mol. The molecule has 21 heavy (non-hydrogen) atoms. The Hall–Kier alpha value is -2.34. The molecule has 0 amide bonds. The van der Waals surface area contributed by atoms with Gasteiger partial charge in [-0.15, -0.1) is 0 Å². The van der Waals surface area contributed by atoms with Gasteiger partial charge in [0, 0.05) is 12.1 Å². The van der Waals surface area contributed by atoms with Crippen molar-refractivity contribution in [3.63, 3.8) is 0 Å². The van der Waals surface area contributed by atoms with Crippen molar-refractivity contribution in [1.82, 2.24) is 9.55 Å². The van der Waals surface area contributed by atoms with E-state index in [-0.39, 0.29) is 5.82 Å². The third-order valence-corrected chi connectivity index (χ3v) is 3.57. The molecule has 1 aromatic heterocycles. The highest BCUT2D eigenvalue weighted by Crippen LogP contribution is 2.27. The average Bonchev–Trinajstić information content (AvgIpc) is 2.82. The standard InChI is InChI=1S/C15H13FN2O2S/c1-19-9-3-5-11(16)13(7-9)18-14-8-10(20-2)4-6-12(14)17-15(18)21/h3-8H,1-2H3,(H,17,21). The molecule has 0 bridgehead atoms. The molecule has 2 aromatic carbocycles. The molecule has 0 aliphatic carbocycles. The van der Waals surface area contributed by atoms with Crippen LogP contribution in [0.1, 0.15) is 0 Å². The zero-order valence-electron chi connectivity index (χ0n) is 11.5. The van der Waals surface area contributed by atoms with E-state index in [0.717, 1.165) is 11.0 Å². The molecule has 3 rings (SSSR count).